The second-order valence-corrected chi connectivity index (χ2v) is 10.3. The van der Waals surface area contributed by atoms with E-state index in [9.17, 15) is 15.0 Å². The monoisotopic (exact) mass is 400 g/mol. The van der Waals surface area contributed by atoms with E-state index in [-0.39, 0.29) is 23.9 Å². The molecule has 2 aliphatic carbocycles. The molecule has 5 unspecified atom stereocenters. The molecule has 27 heavy (non-hydrogen) atoms. The van der Waals surface area contributed by atoms with Gasteiger partial charge in [0.25, 0.3) is 0 Å². The summed E-state index contributed by atoms with van der Waals surface area (Å²) >= 11 is 5.00. The van der Waals surface area contributed by atoms with E-state index in [2.05, 4.69) is 48.1 Å². The van der Waals surface area contributed by atoms with Crippen LogP contribution >= 0.6 is 11.6 Å². The number of rotatable bonds is 6. The van der Waals surface area contributed by atoms with Gasteiger partial charge in [-0.05, 0) is 54.3 Å². The van der Waals surface area contributed by atoms with Crippen LogP contribution in [0, 0.1) is 45.8 Å². The van der Waals surface area contributed by atoms with Gasteiger partial charge in [0.1, 0.15) is 0 Å². The molecule has 3 nitrogen and oxygen atoms in total. The number of aliphatic hydroxyl groups excluding tert-OH is 1. The summed E-state index contributed by atoms with van der Waals surface area (Å²) in [5, 5.41) is 21.0. The van der Waals surface area contributed by atoms with Gasteiger partial charge in [0.2, 0.25) is 0 Å². The van der Waals surface area contributed by atoms with Crippen LogP contribution in [0.5, 0.6) is 0 Å². The molecular formula is C23H41ClO3. The Hall–Kier alpha value is -0.540. The van der Waals surface area contributed by atoms with Crippen LogP contribution in [0.2, 0.25) is 0 Å². The van der Waals surface area contributed by atoms with Crippen molar-refractivity contribution in [3.05, 3.63) is 12.7 Å². The van der Waals surface area contributed by atoms with E-state index in [0.29, 0.717) is 24.2 Å². The molecule has 2 bridgehead atoms. The van der Waals surface area contributed by atoms with Gasteiger partial charge >= 0.3 is 5.97 Å². The summed E-state index contributed by atoms with van der Waals surface area (Å²) in [6, 6.07) is 0. The van der Waals surface area contributed by atoms with E-state index in [1.807, 2.05) is 13.0 Å². The van der Waals surface area contributed by atoms with Crippen LogP contribution in [0.25, 0.3) is 0 Å². The maximum atomic E-state index is 12.8. The van der Waals surface area contributed by atoms with E-state index in [1.165, 1.54) is 0 Å². The lowest BCUT2D eigenvalue weighted by molar-refractivity contribution is -0.200. The summed E-state index contributed by atoms with van der Waals surface area (Å²) in [4.78, 5) is 12.8. The van der Waals surface area contributed by atoms with Crippen molar-refractivity contribution >= 4 is 17.6 Å². The van der Waals surface area contributed by atoms with Crippen LogP contribution in [0.3, 0.4) is 0 Å². The van der Waals surface area contributed by atoms with E-state index in [1.54, 1.807) is 0 Å². The quantitative estimate of drug-likeness (QED) is 0.434. The first-order valence-corrected chi connectivity index (χ1v) is 11.0. The Balaban J connectivity index is 0.00000114. The Morgan fingerprint density at radius 2 is 1.81 bits per heavy atom. The van der Waals surface area contributed by atoms with Crippen LogP contribution < -0.4 is 0 Å². The van der Waals surface area contributed by atoms with Crippen molar-refractivity contribution in [2.24, 2.45) is 45.8 Å². The van der Waals surface area contributed by atoms with Crippen LogP contribution in [0.4, 0.5) is 0 Å². The van der Waals surface area contributed by atoms with Crippen molar-refractivity contribution in [2.45, 2.75) is 67.7 Å². The van der Waals surface area contributed by atoms with E-state index >= 15 is 0 Å². The highest BCUT2D eigenvalue weighted by atomic mass is 35.5. The number of carbonyl (C=O) groups is 1. The molecule has 2 aliphatic rings. The van der Waals surface area contributed by atoms with Crippen molar-refractivity contribution in [3.8, 4) is 0 Å². The van der Waals surface area contributed by atoms with Gasteiger partial charge in [0, 0.05) is 11.3 Å². The molecule has 2 rings (SSSR count). The minimum absolute atomic E-state index is 0.0613. The molecule has 0 amide bonds. The topological polar surface area (TPSA) is 57.5 Å². The van der Waals surface area contributed by atoms with Crippen molar-refractivity contribution in [1.82, 2.24) is 0 Å². The highest BCUT2D eigenvalue weighted by Crippen LogP contribution is 2.76. The summed E-state index contributed by atoms with van der Waals surface area (Å²) < 4.78 is 0. The average molecular weight is 401 g/mol. The predicted octanol–water partition coefficient (Wildman–Crippen LogP) is 5.85. The van der Waals surface area contributed by atoms with Gasteiger partial charge in [-0.2, -0.15) is 0 Å². The van der Waals surface area contributed by atoms with Gasteiger partial charge in [-0.15, -0.1) is 18.2 Å². The Morgan fingerprint density at radius 3 is 2.15 bits per heavy atom. The van der Waals surface area contributed by atoms with Gasteiger partial charge in [-0.25, -0.2) is 0 Å². The molecule has 2 fully saturated rings. The average Bonchev–Trinajstić information content (AvgIpc) is 2.72. The molecule has 0 heterocycles. The number of aliphatic hydroxyl groups is 1. The molecule has 2 saturated carbocycles. The number of alkyl halides is 1. The zero-order chi connectivity index (χ0) is 21.2. The summed E-state index contributed by atoms with van der Waals surface area (Å²) in [6.45, 7) is 18.9. The molecule has 2 N–H and O–H groups in total. The molecule has 0 aromatic rings. The van der Waals surface area contributed by atoms with Crippen molar-refractivity contribution < 1.29 is 15.0 Å². The Kier molecular flexibility index (Phi) is 8.04. The molecule has 4 heteroatoms. The third-order valence-corrected chi connectivity index (χ3v) is 7.93. The molecule has 6 atom stereocenters. The first-order chi connectivity index (χ1) is 12.4. The van der Waals surface area contributed by atoms with Crippen LogP contribution in [-0.4, -0.2) is 28.7 Å². The minimum Gasteiger partial charge on any atom is -0.481 e. The van der Waals surface area contributed by atoms with Crippen LogP contribution in [0.15, 0.2) is 12.7 Å². The van der Waals surface area contributed by atoms with Crippen LogP contribution in [-0.2, 0) is 4.79 Å². The lowest BCUT2D eigenvalue weighted by atomic mass is 9.42. The molecule has 158 valence electrons. The van der Waals surface area contributed by atoms with Crippen LogP contribution in [0.1, 0.15) is 67.7 Å². The van der Waals surface area contributed by atoms with Gasteiger partial charge in [0.15, 0.2) is 0 Å². The zero-order valence-electron chi connectivity index (χ0n) is 18.4. The third kappa shape index (κ3) is 3.48. The maximum Gasteiger partial charge on any atom is 0.310 e. The fourth-order valence-electron chi connectivity index (χ4n) is 6.71. The summed E-state index contributed by atoms with van der Waals surface area (Å²) in [5.74, 6) is 1.58. The van der Waals surface area contributed by atoms with E-state index in [4.69, 9.17) is 11.6 Å². The number of aliphatic carboxylic acids is 1. The number of halogens is 1. The standard InChI is InChI=1S/C21H36O3.C2H5Cl/c1-8-16-10-19(7)15(6)17(14(4)5)11-20(16,12-22)21(19,18(23)24)9-13(2)3;1-2-3/h8,13-17,22H,1,9-12H2,2-7H3,(H,23,24);2H2,1H3/t15?,16?,17?,19?,20-,21?;/m1./s1. The zero-order valence-corrected chi connectivity index (χ0v) is 19.1. The number of fused-ring (bicyclic) bond motifs is 2. The Bertz CT molecular complexity index is 532. The molecule has 0 aliphatic heterocycles. The van der Waals surface area contributed by atoms with Crippen molar-refractivity contribution in [1.29, 1.82) is 0 Å². The van der Waals surface area contributed by atoms with Crippen molar-refractivity contribution in [2.75, 3.05) is 12.5 Å². The third-order valence-electron chi connectivity index (χ3n) is 7.93. The second-order valence-electron chi connectivity index (χ2n) is 9.75. The largest absolute Gasteiger partial charge is 0.481 e. The van der Waals surface area contributed by atoms with Gasteiger partial charge < -0.3 is 10.2 Å². The number of hydrogen-bond donors (Lipinski definition) is 2. The Morgan fingerprint density at radius 1 is 1.30 bits per heavy atom. The molecule has 0 spiro atoms. The summed E-state index contributed by atoms with van der Waals surface area (Å²) in [5.41, 5.74) is -1.80. The van der Waals surface area contributed by atoms with Gasteiger partial charge in [0.05, 0.1) is 12.0 Å². The van der Waals surface area contributed by atoms with Gasteiger partial charge in [-0.1, -0.05) is 54.5 Å². The fourth-order valence-corrected chi connectivity index (χ4v) is 6.71. The lowest BCUT2D eigenvalue weighted by Gasteiger charge is -2.60. The van der Waals surface area contributed by atoms with Crippen molar-refractivity contribution in [3.63, 3.8) is 0 Å². The number of carboxylic acids is 1. The lowest BCUT2D eigenvalue weighted by Crippen LogP contribution is -2.62. The number of hydrogen-bond acceptors (Lipinski definition) is 2. The van der Waals surface area contributed by atoms with Gasteiger partial charge in [-0.3, -0.25) is 4.79 Å². The number of carboxylic acid groups (broad SMARTS) is 1. The first kappa shape index (κ1) is 24.5. The first-order valence-electron chi connectivity index (χ1n) is 10.5. The number of allylic oxidation sites excluding steroid dienone is 1. The predicted molar refractivity (Wildman–Crippen MR) is 114 cm³/mol. The molecule has 0 saturated heterocycles. The molecule has 0 radical (unpaired) electrons. The second kappa shape index (κ2) is 8.86. The van der Waals surface area contributed by atoms with E-state index in [0.717, 1.165) is 18.7 Å². The Labute approximate surface area is 171 Å². The highest BCUT2D eigenvalue weighted by Gasteiger charge is 2.77. The molecule has 0 aromatic heterocycles. The maximum absolute atomic E-state index is 12.8. The highest BCUT2D eigenvalue weighted by molar-refractivity contribution is 6.17. The normalized spacial score (nSPS) is 40.6. The minimum atomic E-state index is -0.882. The smallest absolute Gasteiger partial charge is 0.310 e. The summed E-state index contributed by atoms with van der Waals surface area (Å²) in [6.07, 6.45) is 4.15. The SMILES string of the molecule is C=CC1CC2(C)C(C)C(C(C)C)C[C@]1(CO)C2(CC(C)C)C(=O)O.CCCl. The fraction of sp³-hybridized carbons (Fsp3) is 0.870. The molecule has 0 aromatic carbocycles. The molecular weight excluding hydrogens is 360 g/mol. The van der Waals surface area contributed by atoms with E-state index < -0.39 is 16.8 Å². The summed E-state index contributed by atoms with van der Waals surface area (Å²) in [7, 11) is 0.